The third kappa shape index (κ3) is 4.97. The molecule has 0 heterocycles. The van der Waals surface area contributed by atoms with Crippen molar-refractivity contribution in [2.24, 2.45) is 0 Å². The number of hydrogen-bond acceptors (Lipinski definition) is 5. The third-order valence-electron chi connectivity index (χ3n) is 2.85. The van der Waals surface area contributed by atoms with Crippen LogP contribution >= 0.6 is 0 Å². The van der Waals surface area contributed by atoms with Crippen LogP contribution in [0.3, 0.4) is 0 Å². The van der Waals surface area contributed by atoms with Gasteiger partial charge in [0.1, 0.15) is 6.04 Å². The second-order valence-electron chi connectivity index (χ2n) is 4.70. The summed E-state index contributed by atoms with van der Waals surface area (Å²) in [5.74, 6) is 0.191. The molecule has 114 valence electrons. The SMILES string of the molecule is CCOc1cccc(C(C#N)NCC(C)NC(C)=O)c1O. The molecule has 6 nitrogen and oxygen atoms in total. The minimum atomic E-state index is -0.679. The van der Waals surface area contributed by atoms with Crippen molar-refractivity contribution in [1.82, 2.24) is 10.6 Å². The number of phenols is 1. The van der Waals surface area contributed by atoms with E-state index < -0.39 is 6.04 Å². The number of benzene rings is 1. The van der Waals surface area contributed by atoms with Crippen molar-refractivity contribution in [3.05, 3.63) is 23.8 Å². The average molecular weight is 291 g/mol. The van der Waals surface area contributed by atoms with Gasteiger partial charge in [0.15, 0.2) is 11.5 Å². The van der Waals surface area contributed by atoms with Crippen LogP contribution < -0.4 is 15.4 Å². The largest absolute Gasteiger partial charge is 0.504 e. The van der Waals surface area contributed by atoms with Crippen molar-refractivity contribution < 1.29 is 14.6 Å². The average Bonchev–Trinajstić information content (AvgIpc) is 2.42. The Bertz CT molecular complexity index is 525. The fourth-order valence-electron chi connectivity index (χ4n) is 1.96. The lowest BCUT2D eigenvalue weighted by atomic mass is 10.1. The highest BCUT2D eigenvalue weighted by Crippen LogP contribution is 2.33. The van der Waals surface area contributed by atoms with Gasteiger partial charge in [-0.05, 0) is 19.9 Å². The van der Waals surface area contributed by atoms with E-state index in [-0.39, 0.29) is 17.7 Å². The van der Waals surface area contributed by atoms with E-state index in [1.165, 1.54) is 6.92 Å². The minimum Gasteiger partial charge on any atom is -0.504 e. The molecule has 1 amide bonds. The number of nitrogens with zero attached hydrogens (tertiary/aromatic N) is 1. The van der Waals surface area contributed by atoms with E-state index in [1.54, 1.807) is 18.2 Å². The quantitative estimate of drug-likeness (QED) is 0.707. The van der Waals surface area contributed by atoms with E-state index in [0.717, 1.165) is 0 Å². The summed E-state index contributed by atoms with van der Waals surface area (Å²) in [6, 6.07) is 6.35. The fourth-order valence-corrected chi connectivity index (χ4v) is 1.96. The molecule has 1 aromatic carbocycles. The second-order valence-corrected chi connectivity index (χ2v) is 4.70. The molecule has 1 aromatic rings. The maximum absolute atomic E-state index is 10.9. The van der Waals surface area contributed by atoms with Gasteiger partial charge in [0, 0.05) is 25.1 Å². The van der Waals surface area contributed by atoms with Crippen molar-refractivity contribution in [1.29, 1.82) is 5.26 Å². The number of para-hydroxylation sites is 1. The Kier molecular flexibility index (Phi) is 6.50. The van der Waals surface area contributed by atoms with Gasteiger partial charge in [-0.2, -0.15) is 5.26 Å². The van der Waals surface area contributed by atoms with Gasteiger partial charge in [0.05, 0.1) is 12.7 Å². The molecule has 2 unspecified atom stereocenters. The molecule has 3 N–H and O–H groups in total. The number of carbonyl (C=O) groups is 1. The molecule has 1 rings (SSSR count). The lowest BCUT2D eigenvalue weighted by Gasteiger charge is -2.18. The molecule has 0 bridgehead atoms. The van der Waals surface area contributed by atoms with Gasteiger partial charge in [-0.15, -0.1) is 0 Å². The molecule has 0 fully saturated rings. The van der Waals surface area contributed by atoms with Gasteiger partial charge in [-0.3, -0.25) is 10.1 Å². The fraction of sp³-hybridized carbons (Fsp3) is 0.467. The molecular formula is C15H21N3O3. The monoisotopic (exact) mass is 291 g/mol. The molecule has 2 atom stereocenters. The van der Waals surface area contributed by atoms with Gasteiger partial charge >= 0.3 is 0 Å². The number of rotatable bonds is 7. The van der Waals surface area contributed by atoms with Gasteiger partial charge in [-0.25, -0.2) is 0 Å². The number of amides is 1. The van der Waals surface area contributed by atoms with Crippen LogP contribution in [0.4, 0.5) is 0 Å². The number of hydrogen-bond donors (Lipinski definition) is 3. The number of nitrogens with one attached hydrogen (secondary N) is 2. The summed E-state index contributed by atoms with van der Waals surface area (Å²) in [7, 11) is 0. The van der Waals surface area contributed by atoms with Gasteiger partial charge in [0.25, 0.3) is 0 Å². The first kappa shape index (κ1) is 16.8. The lowest BCUT2D eigenvalue weighted by molar-refractivity contribution is -0.119. The Labute approximate surface area is 124 Å². The van der Waals surface area contributed by atoms with Crippen LogP contribution in [-0.4, -0.2) is 30.2 Å². The van der Waals surface area contributed by atoms with E-state index in [0.29, 0.717) is 24.5 Å². The Morgan fingerprint density at radius 2 is 2.24 bits per heavy atom. The minimum absolute atomic E-state index is 0.0365. The summed E-state index contributed by atoms with van der Waals surface area (Å²) >= 11 is 0. The molecule has 0 aliphatic heterocycles. The first-order chi connectivity index (χ1) is 9.99. The predicted molar refractivity (Wildman–Crippen MR) is 78.9 cm³/mol. The van der Waals surface area contributed by atoms with Crippen molar-refractivity contribution in [2.75, 3.05) is 13.2 Å². The van der Waals surface area contributed by atoms with Crippen LogP contribution in [0.1, 0.15) is 32.4 Å². The molecule has 0 saturated heterocycles. The summed E-state index contributed by atoms with van der Waals surface area (Å²) in [5, 5.41) is 25.1. The highest BCUT2D eigenvalue weighted by atomic mass is 16.5. The number of nitriles is 1. The van der Waals surface area contributed by atoms with Crippen molar-refractivity contribution in [3.8, 4) is 17.6 Å². The zero-order chi connectivity index (χ0) is 15.8. The lowest BCUT2D eigenvalue weighted by Crippen LogP contribution is -2.39. The van der Waals surface area contributed by atoms with Crippen LogP contribution in [0, 0.1) is 11.3 Å². The van der Waals surface area contributed by atoms with Gasteiger partial charge in [0.2, 0.25) is 5.91 Å². The Hall–Kier alpha value is -2.26. The molecule has 21 heavy (non-hydrogen) atoms. The molecule has 0 spiro atoms. The molecule has 0 aliphatic rings. The van der Waals surface area contributed by atoms with E-state index >= 15 is 0 Å². The van der Waals surface area contributed by atoms with Crippen molar-refractivity contribution in [2.45, 2.75) is 32.9 Å². The summed E-state index contributed by atoms with van der Waals surface area (Å²) in [5.41, 5.74) is 0.457. The van der Waals surface area contributed by atoms with Crippen molar-refractivity contribution in [3.63, 3.8) is 0 Å². The topological polar surface area (TPSA) is 94.4 Å². The van der Waals surface area contributed by atoms with Crippen LogP contribution in [0.5, 0.6) is 11.5 Å². The number of phenolic OH excluding ortho intramolecular Hbond substituents is 1. The van der Waals surface area contributed by atoms with E-state index in [4.69, 9.17) is 4.74 Å². The van der Waals surface area contributed by atoms with Gasteiger partial charge < -0.3 is 15.2 Å². The highest BCUT2D eigenvalue weighted by molar-refractivity contribution is 5.73. The Morgan fingerprint density at radius 1 is 1.52 bits per heavy atom. The zero-order valence-electron chi connectivity index (χ0n) is 12.5. The normalized spacial score (nSPS) is 13.0. The first-order valence-electron chi connectivity index (χ1n) is 6.84. The number of aromatic hydroxyl groups is 1. The summed E-state index contributed by atoms with van der Waals surface area (Å²) in [6.07, 6.45) is 0. The smallest absolute Gasteiger partial charge is 0.217 e. The van der Waals surface area contributed by atoms with Crippen LogP contribution in [0.25, 0.3) is 0 Å². The zero-order valence-corrected chi connectivity index (χ0v) is 12.5. The highest BCUT2D eigenvalue weighted by Gasteiger charge is 2.18. The summed E-state index contributed by atoms with van der Waals surface area (Å²) in [4.78, 5) is 10.9. The first-order valence-corrected chi connectivity index (χ1v) is 6.84. The van der Waals surface area contributed by atoms with Crippen LogP contribution in [-0.2, 0) is 4.79 Å². The third-order valence-corrected chi connectivity index (χ3v) is 2.85. The standard InChI is InChI=1S/C15H21N3O3/c1-4-21-14-7-5-6-12(15(14)20)13(8-16)17-9-10(2)18-11(3)19/h5-7,10,13,17,20H,4,9H2,1-3H3,(H,18,19). The molecule has 0 saturated carbocycles. The van der Waals surface area contributed by atoms with E-state index in [2.05, 4.69) is 16.7 Å². The summed E-state index contributed by atoms with van der Waals surface area (Å²) in [6.45, 7) is 5.94. The maximum atomic E-state index is 10.9. The van der Waals surface area contributed by atoms with E-state index in [9.17, 15) is 15.2 Å². The maximum Gasteiger partial charge on any atom is 0.217 e. The number of ether oxygens (including phenoxy) is 1. The van der Waals surface area contributed by atoms with Crippen molar-refractivity contribution >= 4 is 5.91 Å². The molecule has 0 aliphatic carbocycles. The van der Waals surface area contributed by atoms with E-state index in [1.807, 2.05) is 13.8 Å². The van der Waals surface area contributed by atoms with Crippen LogP contribution in [0.2, 0.25) is 0 Å². The number of carbonyl (C=O) groups excluding carboxylic acids is 1. The summed E-state index contributed by atoms with van der Waals surface area (Å²) < 4.78 is 5.31. The molecule has 6 heteroatoms. The van der Waals surface area contributed by atoms with Crippen LogP contribution in [0.15, 0.2) is 18.2 Å². The molecular weight excluding hydrogens is 270 g/mol. The van der Waals surface area contributed by atoms with Gasteiger partial charge in [-0.1, -0.05) is 12.1 Å². The predicted octanol–water partition coefficient (Wildman–Crippen LogP) is 1.47. The molecule has 0 aromatic heterocycles. The second kappa shape index (κ2) is 8.12. The molecule has 0 radical (unpaired) electrons. The Morgan fingerprint density at radius 3 is 2.81 bits per heavy atom. The Balaban J connectivity index is 2.79.